The quantitative estimate of drug-likeness (QED) is 0.402. The molecule has 0 bridgehead atoms. The van der Waals surface area contributed by atoms with E-state index in [1.54, 1.807) is 29.8 Å². The van der Waals surface area contributed by atoms with Gasteiger partial charge in [0, 0.05) is 33.9 Å². The van der Waals surface area contributed by atoms with E-state index in [0.717, 1.165) is 38.4 Å². The van der Waals surface area contributed by atoms with Crippen LogP contribution in [0.2, 0.25) is 0 Å². The van der Waals surface area contributed by atoms with Crippen molar-refractivity contribution in [2.45, 2.75) is 19.6 Å². The number of fused-ring (bicyclic) bond motifs is 5. The van der Waals surface area contributed by atoms with Gasteiger partial charge in [0.15, 0.2) is 6.10 Å². The van der Waals surface area contributed by atoms with Gasteiger partial charge in [0.2, 0.25) is 0 Å². The average Bonchev–Trinajstić information content (AvgIpc) is 3.21. The SMILES string of the molecule is CC(Oc1ccc2c(c1)c1ccnc3c4ccccc4c(=O)n2c13)C(=O)NCc1ccccn1. The minimum atomic E-state index is -0.701. The maximum Gasteiger partial charge on any atom is 0.263 e. The molecule has 1 unspecified atom stereocenters. The van der Waals surface area contributed by atoms with Crippen LogP contribution in [-0.2, 0) is 11.3 Å². The Bertz CT molecular complexity index is 1740. The zero-order valence-electron chi connectivity index (χ0n) is 18.4. The number of nitrogens with one attached hydrogen (secondary N) is 1. The van der Waals surface area contributed by atoms with Crippen LogP contribution in [0.1, 0.15) is 12.6 Å². The number of benzene rings is 2. The molecule has 166 valence electrons. The molecular weight excluding hydrogens is 428 g/mol. The van der Waals surface area contributed by atoms with E-state index in [9.17, 15) is 9.59 Å². The van der Waals surface area contributed by atoms with E-state index in [2.05, 4.69) is 15.3 Å². The van der Waals surface area contributed by atoms with Crippen molar-refractivity contribution in [2.24, 2.45) is 0 Å². The lowest BCUT2D eigenvalue weighted by Crippen LogP contribution is -2.36. The molecule has 0 saturated carbocycles. The highest BCUT2D eigenvalue weighted by Gasteiger charge is 2.19. The molecule has 34 heavy (non-hydrogen) atoms. The van der Waals surface area contributed by atoms with Crippen LogP contribution in [0.5, 0.6) is 5.75 Å². The van der Waals surface area contributed by atoms with Gasteiger partial charge in [0.25, 0.3) is 11.5 Å². The summed E-state index contributed by atoms with van der Waals surface area (Å²) in [6.45, 7) is 2.04. The molecule has 6 rings (SSSR count). The highest BCUT2D eigenvalue weighted by molar-refractivity contribution is 6.18. The highest BCUT2D eigenvalue weighted by Crippen LogP contribution is 2.34. The molecule has 6 aromatic rings. The van der Waals surface area contributed by atoms with E-state index in [1.807, 2.05) is 60.7 Å². The van der Waals surface area contributed by atoms with Crippen LogP contribution in [0.3, 0.4) is 0 Å². The summed E-state index contributed by atoms with van der Waals surface area (Å²) in [5, 5.41) is 6.10. The van der Waals surface area contributed by atoms with E-state index >= 15 is 0 Å². The van der Waals surface area contributed by atoms with E-state index in [1.165, 1.54) is 0 Å². The molecule has 4 heterocycles. The summed E-state index contributed by atoms with van der Waals surface area (Å²) in [7, 11) is 0. The molecule has 0 aliphatic rings. The van der Waals surface area contributed by atoms with Crippen LogP contribution in [0, 0.1) is 0 Å². The first-order valence-corrected chi connectivity index (χ1v) is 11.0. The molecule has 0 fully saturated rings. The van der Waals surface area contributed by atoms with Gasteiger partial charge in [0.1, 0.15) is 5.75 Å². The molecule has 7 heteroatoms. The summed E-state index contributed by atoms with van der Waals surface area (Å²) in [5.41, 5.74) is 3.06. The number of hydrogen-bond acceptors (Lipinski definition) is 5. The summed E-state index contributed by atoms with van der Waals surface area (Å²) >= 11 is 0. The second-order valence-corrected chi connectivity index (χ2v) is 8.22. The fraction of sp³-hybridized carbons (Fsp3) is 0.111. The van der Waals surface area contributed by atoms with Gasteiger partial charge in [-0.15, -0.1) is 0 Å². The van der Waals surface area contributed by atoms with Gasteiger partial charge in [-0.05, 0) is 49.4 Å². The van der Waals surface area contributed by atoms with Crippen LogP contribution in [-0.4, -0.2) is 26.4 Å². The number of pyridine rings is 3. The third-order valence-corrected chi connectivity index (χ3v) is 6.11. The topological polar surface area (TPSA) is 85.6 Å². The van der Waals surface area contributed by atoms with Crippen LogP contribution in [0.15, 0.2) is 83.9 Å². The first-order chi connectivity index (χ1) is 16.6. The number of aromatic nitrogens is 3. The van der Waals surface area contributed by atoms with Crippen molar-refractivity contribution in [3.63, 3.8) is 0 Å². The molecule has 7 nitrogen and oxygen atoms in total. The van der Waals surface area contributed by atoms with Crippen molar-refractivity contribution in [1.29, 1.82) is 0 Å². The number of hydrogen-bond donors (Lipinski definition) is 1. The van der Waals surface area contributed by atoms with Gasteiger partial charge in [-0.3, -0.25) is 24.0 Å². The van der Waals surface area contributed by atoms with E-state index in [-0.39, 0.29) is 11.5 Å². The largest absolute Gasteiger partial charge is 0.481 e. The first-order valence-electron chi connectivity index (χ1n) is 11.0. The summed E-state index contributed by atoms with van der Waals surface area (Å²) in [5.74, 6) is 0.317. The molecule has 1 N–H and O–H groups in total. The molecule has 0 saturated heterocycles. The summed E-state index contributed by atoms with van der Waals surface area (Å²) in [4.78, 5) is 34.7. The molecular formula is C27H20N4O3. The Morgan fingerprint density at radius 1 is 0.941 bits per heavy atom. The molecule has 0 spiro atoms. The molecule has 1 amide bonds. The third kappa shape index (κ3) is 3.13. The average molecular weight is 448 g/mol. The fourth-order valence-electron chi connectivity index (χ4n) is 4.50. The third-order valence-electron chi connectivity index (χ3n) is 6.11. The second-order valence-electron chi connectivity index (χ2n) is 8.22. The molecule has 1 atom stereocenters. The lowest BCUT2D eigenvalue weighted by molar-refractivity contribution is -0.127. The molecule has 4 aromatic heterocycles. The number of carbonyl (C=O) groups excluding carboxylic acids is 1. The number of rotatable bonds is 5. The first kappa shape index (κ1) is 20.1. The zero-order valence-corrected chi connectivity index (χ0v) is 18.4. The van der Waals surface area contributed by atoms with E-state index < -0.39 is 6.10 Å². The van der Waals surface area contributed by atoms with E-state index in [4.69, 9.17) is 4.74 Å². The maximum absolute atomic E-state index is 13.4. The molecule has 0 aliphatic heterocycles. The van der Waals surface area contributed by atoms with Crippen LogP contribution < -0.4 is 15.6 Å². The van der Waals surface area contributed by atoms with Crippen molar-refractivity contribution >= 4 is 44.0 Å². The lowest BCUT2D eigenvalue weighted by Gasteiger charge is -2.14. The monoisotopic (exact) mass is 448 g/mol. The Morgan fingerprint density at radius 2 is 1.76 bits per heavy atom. The van der Waals surface area contributed by atoms with Crippen LogP contribution in [0.4, 0.5) is 0 Å². The van der Waals surface area contributed by atoms with Gasteiger partial charge in [-0.25, -0.2) is 0 Å². The van der Waals surface area contributed by atoms with Gasteiger partial charge in [0.05, 0.1) is 28.8 Å². The van der Waals surface area contributed by atoms with Crippen molar-refractivity contribution in [1.82, 2.24) is 19.7 Å². The second kappa shape index (κ2) is 7.81. The maximum atomic E-state index is 13.4. The number of nitrogens with zero attached hydrogens (tertiary/aromatic N) is 3. The number of carbonyl (C=O) groups is 1. The molecule has 2 aromatic carbocycles. The predicted molar refractivity (Wildman–Crippen MR) is 131 cm³/mol. The van der Waals surface area contributed by atoms with Crippen molar-refractivity contribution < 1.29 is 9.53 Å². The molecule has 0 radical (unpaired) electrons. The Labute approximate surface area is 194 Å². The predicted octanol–water partition coefficient (Wildman–Crippen LogP) is 4.07. The fourth-order valence-corrected chi connectivity index (χ4v) is 4.50. The van der Waals surface area contributed by atoms with Gasteiger partial charge in [-0.2, -0.15) is 0 Å². The smallest absolute Gasteiger partial charge is 0.263 e. The molecule has 0 aliphatic carbocycles. The highest BCUT2D eigenvalue weighted by atomic mass is 16.5. The summed E-state index contributed by atoms with van der Waals surface area (Å²) < 4.78 is 7.68. The van der Waals surface area contributed by atoms with Gasteiger partial charge >= 0.3 is 0 Å². The van der Waals surface area contributed by atoms with Crippen molar-refractivity contribution in [3.05, 3.63) is 95.2 Å². The summed E-state index contributed by atoms with van der Waals surface area (Å²) in [6.07, 6.45) is 2.75. The standard InChI is InChI=1S/C27H20N4O3/c1-16(26(32)30-15-17-6-4-5-12-28-17)34-18-9-10-23-22(14-18)20-11-13-29-24-19-7-2-3-8-21(19)27(33)31(23)25(20)24/h2-14,16H,15H2,1H3,(H,30,32). The number of amides is 1. The van der Waals surface area contributed by atoms with Crippen LogP contribution in [0.25, 0.3) is 38.1 Å². The lowest BCUT2D eigenvalue weighted by atomic mass is 10.1. The minimum absolute atomic E-state index is 0.0768. The normalized spacial score (nSPS) is 12.5. The van der Waals surface area contributed by atoms with Crippen molar-refractivity contribution in [3.8, 4) is 5.75 Å². The van der Waals surface area contributed by atoms with Crippen LogP contribution >= 0.6 is 0 Å². The zero-order chi connectivity index (χ0) is 23.2. The van der Waals surface area contributed by atoms with E-state index in [0.29, 0.717) is 17.7 Å². The van der Waals surface area contributed by atoms with Crippen molar-refractivity contribution in [2.75, 3.05) is 0 Å². The Hall–Kier alpha value is -4.52. The number of ether oxygens (including phenoxy) is 1. The Morgan fingerprint density at radius 3 is 2.59 bits per heavy atom. The Kier molecular flexibility index (Phi) is 4.62. The summed E-state index contributed by atoms with van der Waals surface area (Å²) in [6, 6.07) is 20.5. The Balaban J connectivity index is 1.38. The van der Waals surface area contributed by atoms with Gasteiger partial charge in [-0.1, -0.05) is 24.3 Å². The minimum Gasteiger partial charge on any atom is -0.481 e. The van der Waals surface area contributed by atoms with Gasteiger partial charge < -0.3 is 10.1 Å².